The topological polar surface area (TPSA) is 52.7 Å². The molecule has 0 saturated heterocycles. The van der Waals surface area contributed by atoms with E-state index in [0.29, 0.717) is 19.4 Å². The Balaban J connectivity index is 3.22. The SMILES string of the molecule is CCC(=O)Nc1ccc(N(C)C)c(CN(C(=O)CC(C)(C)C)[C@H](C)CC)c1. The molecule has 0 saturated carbocycles. The Morgan fingerprint density at radius 1 is 1.15 bits per heavy atom. The van der Waals surface area contributed by atoms with Gasteiger partial charge in [0.05, 0.1) is 0 Å². The number of hydrogen-bond acceptors (Lipinski definition) is 3. The summed E-state index contributed by atoms with van der Waals surface area (Å²) in [5.41, 5.74) is 2.82. The smallest absolute Gasteiger partial charge is 0.224 e. The van der Waals surface area contributed by atoms with Crippen molar-refractivity contribution in [3.8, 4) is 0 Å². The van der Waals surface area contributed by atoms with Gasteiger partial charge in [0.25, 0.3) is 0 Å². The lowest BCUT2D eigenvalue weighted by atomic mass is 9.91. The first-order valence-electron chi connectivity index (χ1n) is 9.88. The summed E-state index contributed by atoms with van der Waals surface area (Å²) in [6.45, 7) is 12.8. The molecule has 1 rings (SSSR count). The van der Waals surface area contributed by atoms with Gasteiger partial charge in [-0.05, 0) is 42.5 Å². The fraction of sp³-hybridized carbons (Fsp3) is 0.636. The maximum absolute atomic E-state index is 13.0. The lowest BCUT2D eigenvalue weighted by molar-refractivity contribution is -0.135. The maximum atomic E-state index is 13.0. The van der Waals surface area contributed by atoms with Crippen LogP contribution in [0.5, 0.6) is 0 Å². The van der Waals surface area contributed by atoms with Crippen molar-refractivity contribution in [3.63, 3.8) is 0 Å². The third-order valence-electron chi connectivity index (χ3n) is 4.63. The van der Waals surface area contributed by atoms with Crippen LogP contribution in [0.3, 0.4) is 0 Å². The van der Waals surface area contributed by atoms with Gasteiger partial charge in [0, 0.05) is 50.9 Å². The molecule has 0 bridgehead atoms. The molecule has 0 heterocycles. The Labute approximate surface area is 165 Å². The van der Waals surface area contributed by atoms with E-state index in [1.807, 2.05) is 49.0 Å². The van der Waals surface area contributed by atoms with Crippen LogP contribution in [-0.4, -0.2) is 36.9 Å². The van der Waals surface area contributed by atoms with E-state index in [1.54, 1.807) is 0 Å². The first kappa shape index (κ1) is 23.0. The number of nitrogens with one attached hydrogen (secondary N) is 1. The molecule has 0 fully saturated rings. The van der Waals surface area contributed by atoms with Gasteiger partial charge in [-0.2, -0.15) is 0 Å². The molecule has 2 amide bonds. The fourth-order valence-electron chi connectivity index (χ4n) is 2.92. The molecule has 152 valence electrons. The lowest BCUT2D eigenvalue weighted by Crippen LogP contribution is -2.39. The van der Waals surface area contributed by atoms with Gasteiger partial charge in [-0.25, -0.2) is 0 Å². The second-order valence-corrected chi connectivity index (χ2v) is 8.66. The zero-order valence-corrected chi connectivity index (χ0v) is 18.3. The van der Waals surface area contributed by atoms with Gasteiger partial charge in [0.1, 0.15) is 0 Å². The molecule has 0 unspecified atom stereocenters. The van der Waals surface area contributed by atoms with Crippen molar-refractivity contribution >= 4 is 23.2 Å². The van der Waals surface area contributed by atoms with Crippen molar-refractivity contribution in [3.05, 3.63) is 23.8 Å². The molecular formula is C22H37N3O2. The molecule has 1 aromatic carbocycles. The molecule has 0 spiro atoms. The van der Waals surface area contributed by atoms with Gasteiger partial charge in [0.15, 0.2) is 0 Å². The quantitative estimate of drug-likeness (QED) is 0.719. The van der Waals surface area contributed by atoms with Crippen LogP contribution >= 0.6 is 0 Å². The average molecular weight is 376 g/mol. The number of benzene rings is 1. The normalized spacial score (nSPS) is 12.4. The Bertz CT molecular complexity index is 647. The Kier molecular flexibility index (Phi) is 8.32. The van der Waals surface area contributed by atoms with Gasteiger partial charge in [-0.15, -0.1) is 0 Å². The minimum Gasteiger partial charge on any atom is -0.377 e. The number of hydrogen-bond donors (Lipinski definition) is 1. The van der Waals surface area contributed by atoms with Crippen LogP contribution in [0, 0.1) is 5.41 Å². The summed E-state index contributed by atoms with van der Waals surface area (Å²) in [6, 6.07) is 6.06. The zero-order chi connectivity index (χ0) is 20.8. The maximum Gasteiger partial charge on any atom is 0.224 e. The first-order chi connectivity index (χ1) is 12.5. The van der Waals surface area contributed by atoms with Crippen molar-refractivity contribution in [1.29, 1.82) is 0 Å². The van der Waals surface area contributed by atoms with E-state index in [-0.39, 0.29) is 23.3 Å². The standard InChI is InChI=1S/C22H37N3O2/c1-9-16(3)25(21(27)14-22(4,5)6)15-17-13-18(23-20(26)10-2)11-12-19(17)24(7)8/h11-13,16H,9-10,14-15H2,1-8H3,(H,23,26)/t16-/m1/s1. The van der Waals surface area contributed by atoms with Crippen LogP contribution < -0.4 is 10.2 Å². The van der Waals surface area contributed by atoms with Gasteiger partial charge < -0.3 is 15.1 Å². The number of carbonyl (C=O) groups is 2. The van der Waals surface area contributed by atoms with E-state index >= 15 is 0 Å². The van der Waals surface area contributed by atoms with Crippen LogP contribution in [0.2, 0.25) is 0 Å². The van der Waals surface area contributed by atoms with Crippen LogP contribution in [-0.2, 0) is 16.1 Å². The second kappa shape index (κ2) is 9.77. The summed E-state index contributed by atoms with van der Waals surface area (Å²) in [4.78, 5) is 28.8. The summed E-state index contributed by atoms with van der Waals surface area (Å²) in [6.07, 6.45) is 1.86. The summed E-state index contributed by atoms with van der Waals surface area (Å²) < 4.78 is 0. The monoisotopic (exact) mass is 375 g/mol. The molecule has 27 heavy (non-hydrogen) atoms. The van der Waals surface area contributed by atoms with Crippen molar-refractivity contribution in [1.82, 2.24) is 4.90 Å². The van der Waals surface area contributed by atoms with Gasteiger partial charge in [-0.3, -0.25) is 9.59 Å². The van der Waals surface area contributed by atoms with Crippen LogP contribution in [0.25, 0.3) is 0 Å². The highest BCUT2D eigenvalue weighted by Gasteiger charge is 2.25. The molecule has 5 heteroatoms. The number of carbonyl (C=O) groups excluding carboxylic acids is 2. The second-order valence-electron chi connectivity index (χ2n) is 8.66. The average Bonchev–Trinajstić information content (AvgIpc) is 2.57. The minimum absolute atomic E-state index is 0.0128. The molecule has 1 N–H and O–H groups in total. The summed E-state index contributed by atoms with van der Waals surface area (Å²) in [5, 5.41) is 2.92. The summed E-state index contributed by atoms with van der Waals surface area (Å²) in [5.74, 6) is 0.158. The van der Waals surface area contributed by atoms with Gasteiger partial charge in [-0.1, -0.05) is 34.6 Å². The summed E-state index contributed by atoms with van der Waals surface area (Å²) in [7, 11) is 3.99. The largest absolute Gasteiger partial charge is 0.377 e. The van der Waals surface area contributed by atoms with Crippen molar-refractivity contribution in [2.45, 2.75) is 73.4 Å². The third-order valence-corrected chi connectivity index (χ3v) is 4.63. The van der Waals surface area contributed by atoms with Crippen LogP contribution in [0.1, 0.15) is 66.4 Å². The Morgan fingerprint density at radius 2 is 1.78 bits per heavy atom. The highest BCUT2D eigenvalue weighted by molar-refractivity contribution is 5.91. The van der Waals surface area contributed by atoms with Crippen LogP contribution in [0.15, 0.2) is 18.2 Å². The third kappa shape index (κ3) is 7.24. The molecule has 1 aromatic rings. The molecule has 1 atom stereocenters. The molecule has 0 aliphatic heterocycles. The van der Waals surface area contributed by atoms with Gasteiger partial charge in [0.2, 0.25) is 11.8 Å². The predicted octanol–water partition coefficient (Wildman–Crippen LogP) is 4.66. The van der Waals surface area contributed by atoms with Crippen molar-refractivity contribution in [2.75, 3.05) is 24.3 Å². The van der Waals surface area contributed by atoms with E-state index in [1.165, 1.54) is 0 Å². The number of nitrogens with zero attached hydrogens (tertiary/aromatic N) is 2. The molecule has 0 aliphatic carbocycles. The van der Waals surface area contributed by atoms with Crippen LogP contribution in [0.4, 0.5) is 11.4 Å². The van der Waals surface area contributed by atoms with E-state index in [0.717, 1.165) is 23.4 Å². The highest BCUT2D eigenvalue weighted by atomic mass is 16.2. The van der Waals surface area contributed by atoms with Gasteiger partial charge >= 0.3 is 0 Å². The van der Waals surface area contributed by atoms with Crippen molar-refractivity contribution < 1.29 is 9.59 Å². The number of rotatable bonds is 8. The van der Waals surface area contributed by atoms with E-state index in [9.17, 15) is 9.59 Å². The van der Waals surface area contributed by atoms with E-state index in [2.05, 4.69) is 39.9 Å². The zero-order valence-electron chi connectivity index (χ0n) is 18.3. The Morgan fingerprint density at radius 3 is 2.26 bits per heavy atom. The molecule has 5 nitrogen and oxygen atoms in total. The predicted molar refractivity (Wildman–Crippen MR) is 114 cm³/mol. The van der Waals surface area contributed by atoms with E-state index < -0.39 is 0 Å². The minimum atomic E-state index is -0.0515. The first-order valence-corrected chi connectivity index (χ1v) is 9.88. The molecule has 0 aliphatic rings. The molecule has 0 aromatic heterocycles. The lowest BCUT2D eigenvalue weighted by Gasteiger charge is -2.33. The van der Waals surface area contributed by atoms with E-state index in [4.69, 9.17) is 0 Å². The highest BCUT2D eigenvalue weighted by Crippen LogP contribution is 2.28. The fourth-order valence-corrected chi connectivity index (χ4v) is 2.92. The number of anilines is 2. The molecule has 0 radical (unpaired) electrons. The number of amides is 2. The Hall–Kier alpha value is -2.04. The molecular weight excluding hydrogens is 338 g/mol. The van der Waals surface area contributed by atoms with Crippen molar-refractivity contribution in [2.24, 2.45) is 5.41 Å². The summed E-state index contributed by atoms with van der Waals surface area (Å²) >= 11 is 0.